The van der Waals surface area contributed by atoms with Gasteiger partial charge in [-0.2, -0.15) is 0 Å². The maximum Gasteiger partial charge on any atom is 0.237 e. The number of nitrogens with zero attached hydrogens (tertiary/aromatic N) is 1. The van der Waals surface area contributed by atoms with Gasteiger partial charge in [0.05, 0.1) is 6.54 Å². The molecule has 4 heteroatoms. The number of nitrogens with two attached hydrogens (primary N) is 1. The highest BCUT2D eigenvalue weighted by Crippen LogP contribution is 2.45. The van der Waals surface area contributed by atoms with Gasteiger partial charge in [0.25, 0.3) is 0 Å². The number of hydrogen-bond acceptors (Lipinski definition) is 2. The van der Waals surface area contributed by atoms with Crippen LogP contribution >= 0.6 is 0 Å². The van der Waals surface area contributed by atoms with Crippen LogP contribution in [0.2, 0.25) is 0 Å². The number of hydrogen-bond donors (Lipinski definition) is 1. The van der Waals surface area contributed by atoms with Crippen molar-refractivity contribution in [3.63, 3.8) is 0 Å². The van der Waals surface area contributed by atoms with E-state index in [4.69, 9.17) is 5.73 Å². The Balaban J connectivity index is 2.02. The molecule has 0 aromatic rings. The zero-order chi connectivity index (χ0) is 10.2. The minimum atomic E-state index is -0.409. The van der Waals surface area contributed by atoms with Crippen molar-refractivity contribution in [2.24, 2.45) is 11.1 Å². The van der Waals surface area contributed by atoms with E-state index in [-0.39, 0.29) is 17.9 Å². The van der Waals surface area contributed by atoms with Crippen LogP contribution in [0.1, 0.15) is 32.1 Å². The lowest BCUT2D eigenvalue weighted by atomic mass is 9.85. The van der Waals surface area contributed by atoms with Gasteiger partial charge in [0, 0.05) is 13.0 Å². The Morgan fingerprint density at radius 1 is 1.43 bits per heavy atom. The van der Waals surface area contributed by atoms with E-state index in [1.54, 1.807) is 4.90 Å². The second-order valence-electron chi connectivity index (χ2n) is 4.60. The molecule has 1 spiro atoms. The smallest absolute Gasteiger partial charge is 0.237 e. The van der Waals surface area contributed by atoms with Crippen LogP contribution in [0.4, 0.5) is 0 Å². The Morgan fingerprint density at radius 2 is 2.07 bits per heavy atom. The Hall–Kier alpha value is -1.06. The molecule has 0 bridgehead atoms. The van der Waals surface area contributed by atoms with Crippen molar-refractivity contribution in [2.45, 2.75) is 32.1 Å². The molecule has 2 rings (SSSR count). The van der Waals surface area contributed by atoms with Gasteiger partial charge in [0.1, 0.15) is 0 Å². The summed E-state index contributed by atoms with van der Waals surface area (Å²) in [7, 11) is 0. The predicted octanol–water partition coefficient (Wildman–Crippen LogP) is 0.264. The molecule has 1 heterocycles. The van der Waals surface area contributed by atoms with E-state index in [9.17, 15) is 9.59 Å². The van der Waals surface area contributed by atoms with Crippen LogP contribution in [0.3, 0.4) is 0 Å². The van der Waals surface area contributed by atoms with Crippen molar-refractivity contribution in [2.75, 3.05) is 13.1 Å². The van der Waals surface area contributed by atoms with Gasteiger partial charge in [-0.3, -0.25) is 9.59 Å². The van der Waals surface area contributed by atoms with Gasteiger partial charge in [-0.05, 0) is 18.3 Å². The van der Waals surface area contributed by atoms with Gasteiger partial charge in [0.2, 0.25) is 11.8 Å². The molecule has 0 aromatic heterocycles. The molecule has 78 valence electrons. The fraction of sp³-hybridized carbons (Fsp3) is 0.800. The lowest BCUT2D eigenvalue weighted by Gasteiger charge is -2.21. The Morgan fingerprint density at radius 3 is 2.64 bits per heavy atom. The number of carbonyl (C=O) groups is 2. The summed E-state index contributed by atoms with van der Waals surface area (Å²) in [6.45, 7) is 0.843. The molecular weight excluding hydrogens is 180 g/mol. The summed E-state index contributed by atoms with van der Waals surface area (Å²) in [6.07, 6.45) is 5.33. The van der Waals surface area contributed by atoms with Crippen molar-refractivity contribution in [1.29, 1.82) is 0 Å². The average Bonchev–Trinajstić information content (AvgIpc) is 2.61. The third-order valence-electron chi connectivity index (χ3n) is 3.42. The van der Waals surface area contributed by atoms with E-state index in [0.29, 0.717) is 6.42 Å². The molecule has 2 N–H and O–H groups in total. The molecule has 14 heavy (non-hydrogen) atoms. The average molecular weight is 196 g/mol. The van der Waals surface area contributed by atoms with Crippen molar-refractivity contribution in [1.82, 2.24) is 4.90 Å². The molecule has 4 nitrogen and oxygen atoms in total. The first-order chi connectivity index (χ1) is 6.61. The summed E-state index contributed by atoms with van der Waals surface area (Å²) in [5.41, 5.74) is 5.28. The summed E-state index contributed by atoms with van der Waals surface area (Å²) in [4.78, 5) is 23.9. The first-order valence-corrected chi connectivity index (χ1v) is 5.17. The van der Waals surface area contributed by atoms with Crippen LogP contribution in [-0.2, 0) is 9.59 Å². The summed E-state index contributed by atoms with van der Waals surface area (Å²) in [5.74, 6) is -0.306. The third kappa shape index (κ3) is 1.61. The molecule has 0 atom stereocenters. The summed E-state index contributed by atoms with van der Waals surface area (Å²) in [6, 6.07) is 0. The lowest BCUT2D eigenvalue weighted by Crippen LogP contribution is -2.35. The molecule has 1 saturated carbocycles. The predicted molar refractivity (Wildman–Crippen MR) is 51.3 cm³/mol. The molecule has 0 radical (unpaired) electrons. The van der Waals surface area contributed by atoms with Crippen LogP contribution in [0.15, 0.2) is 0 Å². The van der Waals surface area contributed by atoms with Crippen LogP contribution in [-0.4, -0.2) is 29.8 Å². The fourth-order valence-corrected chi connectivity index (χ4v) is 2.77. The number of primary amides is 1. The molecule has 0 aromatic carbocycles. The standard InChI is InChI=1S/C10H16N2O2/c11-8(13)6-12-7-10(5-9(12)14)3-1-2-4-10/h1-7H2,(H2,11,13). The van der Waals surface area contributed by atoms with E-state index >= 15 is 0 Å². The zero-order valence-electron chi connectivity index (χ0n) is 8.29. The Labute approximate surface area is 83.4 Å². The molecule has 1 aliphatic carbocycles. The van der Waals surface area contributed by atoms with Crippen molar-refractivity contribution in [3.05, 3.63) is 0 Å². The molecule has 1 saturated heterocycles. The quantitative estimate of drug-likeness (QED) is 0.688. The molecular formula is C10H16N2O2. The second kappa shape index (κ2) is 3.26. The SMILES string of the molecule is NC(=O)CN1CC2(CCCC2)CC1=O. The highest BCUT2D eigenvalue weighted by Gasteiger charge is 2.44. The van der Waals surface area contributed by atoms with Crippen molar-refractivity contribution < 1.29 is 9.59 Å². The van der Waals surface area contributed by atoms with Crippen LogP contribution < -0.4 is 5.73 Å². The highest BCUT2D eigenvalue weighted by molar-refractivity contribution is 5.85. The van der Waals surface area contributed by atoms with E-state index < -0.39 is 5.91 Å². The van der Waals surface area contributed by atoms with E-state index in [1.165, 1.54) is 12.8 Å². The van der Waals surface area contributed by atoms with Gasteiger partial charge < -0.3 is 10.6 Å². The van der Waals surface area contributed by atoms with Crippen LogP contribution in [0, 0.1) is 5.41 Å². The zero-order valence-corrected chi connectivity index (χ0v) is 8.29. The van der Waals surface area contributed by atoms with Gasteiger partial charge >= 0.3 is 0 Å². The minimum Gasteiger partial charge on any atom is -0.368 e. The lowest BCUT2D eigenvalue weighted by molar-refractivity contribution is -0.132. The van der Waals surface area contributed by atoms with E-state index in [0.717, 1.165) is 19.4 Å². The summed E-state index contributed by atoms with van der Waals surface area (Å²) in [5, 5.41) is 0. The number of carbonyl (C=O) groups excluding carboxylic acids is 2. The molecule has 2 fully saturated rings. The molecule has 1 aliphatic heterocycles. The largest absolute Gasteiger partial charge is 0.368 e. The third-order valence-corrected chi connectivity index (χ3v) is 3.42. The van der Waals surface area contributed by atoms with Crippen LogP contribution in [0.25, 0.3) is 0 Å². The Kier molecular flexibility index (Phi) is 2.21. The van der Waals surface area contributed by atoms with Crippen molar-refractivity contribution >= 4 is 11.8 Å². The topological polar surface area (TPSA) is 63.4 Å². The molecule has 2 amide bonds. The van der Waals surface area contributed by atoms with Gasteiger partial charge in [-0.15, -0.1) is 0 Å². The maximum absolute atomic E-state index is 11.6. The molecule has 0 unspecified atom stereocenters. The number of likely N-dealkylation sites (tertiary alicyclic amines) is 1. The molecule has 2 aliphatic rings. The monoisotopic (exact) mass is 196 g/mol. The minimum absolute atomic E-state index is 0.0978. The fourth-order valence-electron chi connectivity index (χ4n) is 2.77. The second-order valence-corrected chi connectivity index (χ2v) is 4.60. The van der Waals surface area contributed by atoms with E-state index in [1.807, 2.05) is 0 Å². The highest BCUT2D eigenvalue weighted by atomic mass is 16.2. The maximum atomic E-state index is 11.6. The van der Waals surface area contributed by atoms with Gasteiger partial charge in [-0.1, -0.05) is 12.8 Å². The van der Waals surface area contributed by atoms with Crippen LogP contribution in [0.5, 0.6) is 0 Å². The number of amides is 2. The first-order valence-electron chi connectivity index (χ1n) is 5.17. The summed E-state index contributed by atoms with van der Waals surface area (Å²) < 4.78 is 0. The number of rotatable bonds is 2. The normalized spacial score (nSPS) is 24.9. The van der Waals surface area contributed by atoms with E-state index in [2.05, 4.69) is 0 Å². The summed E-state index contributed by atoms with van der Waals surface area (Å²) >= 11 is 0. The first kappa shape index (κ1) is 9.49. The van der Waals surface area contributed by atoms with Gasteiger partial charge in [-0.25, -0.2) is 0 Å². The van der Waals surface area contributed by atoms with Crippen molar-refractivity contribution in [3.8, 4) is 0 Å². The Bertz CT molecular complexity index is 269. The van der Waals surface area contributed by atoms with Gasteiger partial charge in [0.15, 0.2) is 0 Å².